The van der Waals surface area contributed by atoms with E-state index >= 15 is 0 Å². The summed E-state index contributed by atoms with van der Waals surface area (Å²) in [5.41, 5.74) is 0. The molecule has 0 unspecified atom stereocenters. The Morgan fingerprint density at radius 2 is 1.41 bits per heavy atom. The van der Waals surface area contributed by atoms with E-state index in [-0.39, 0.29) is 17.9 Å². The van der Waals surface area contributed by atoms with Gasteiger partial charge >= 0.3 is 0 Å². The van der Waals surface area contributed by atoms with Crippen LogP contribution in [0.5, 0.6) is 0 Å². The SMILES string of the molecule is CC.CCC1CCC(N(C(C)=O)C(C)=O)CC1. The first-order chi connectivity index (χ1) is 8.06. The molecule has 1 saturated carbocycles. The van der Waals surface area contributed by atoms with Crippen LogP contribution in [0.15, 0.2) is 0 Å². The third kappa shape index (κ3) is 4.88. The molecule has 2 amide bonds. The average Bonchev–Trinajstić information content (AvgIpc) is 2.32. The molecule has 3 heteroatoms. The van der Waals surface area contributed by atoms with Crippen LogP contribution >= 0.6 is 0 Å². The van der Waals surface area contributed by atoms with Gasteiger partial charge in [0.15, 0.2) is 0 Å². The summed E-state index contributed by atoms with van der Waals surface area (Å²) in [4.78, 5) is 24.1. The van der Waals surface area contributed by atoms with Gasteiger partial charge in [0.25, 0.3) is 0 Å². The molecule has 1 rings (SSSR count). The lowest BCUT2D eigenvalue weighted by molar-refractivity contribution is -0.145. The Hall–Kier alpha value is -0.860. The molecular formula is C14H27NO2. The second-order valence-corrected chi connectivity index (χ2v) is 4.49. The minimum atomic E-state index is -0.109. The number of nitrogens with zero attached hydrogens (tertiary/aromatic N) is 1. The molecule has 0 atom stereocenters. The number of hydrogen-bond acceptors (Lipinski definition) is 2. The Labute approximate surface area is 106 Å². The lowest BCUT2D eigenvalue weighted by Crippen LogP contribution is -2.44. The van der Waals surface area contributed by atoms with Gasteiger partial charge in [0.1, 0.15) is 0 Å². The van der Waals surface area contributed by atoms with Gasteiger partial charge in [0, 0.05) is 19.9 Å². The molecule has 0 aromatic rings. The van der Waals surface area contributed by atoms with Gasteiger partial charge in [-0.1, -0.05) is 27.2 Å². The number of carbonyl (C=O) groups is 2. The van der Waals surface area contributed by atoms with Gasteiger partial charge in [-0.15, -0.1) is 0 Å². The third-order valence-corrected chi connectivity index (χ3v) is 3.44. The predicted molar refractivity (Wildman–Crippen MR) is 70.6 cm³/mol. The summed E-state index contributed by atoms with van der Waals surface area (Å²) in [6.07, 6.45) is 5.48. The first-order valence-electron chi connectivity index (χ1n) is 6.86. The topological polar surface area (TPSA) is 37.4 Å². The van der Waals surface area contributed by atoms with Gasteiger partial charge in [-0.05, 0) is 31.6 Å². The number of amides is 2. The fourth-order valence-electron chi connectivity index (χ4n) is 2.55. The Morgan fingerprint density at radius 1 is 1.00 bits per heavy atom. The zero-order valence-corrected chi connectivity index (χ0v) is 12.0. The molecule has 0 radical (unpaired) electrons. The third-order valence-electron chi connectivity index (χ3n) is 3.44. The van der Waals surface area contributed by atoms with E-state index in [0.29, 0.717) is 0 Å². The fraction of sp³-hybridized carbons (Fsp3) is 0.857. The lowest BCUT2D eigenvalue weighted by atomic mass is 9.84. The summed E-state index contributed by atoms with van der Waals surface area (Å²) in [6, 6.07) is 0.155. The van der Waals surface area contributed by atoms with E-state index in [1.54, 1.807) is 0 Å². The molecule has 0 aliphatic heterocycles. The summed E-state index contributed by atoms with van der Waals surface area (Å²) >= 11 is 0. The van der Waals surface area contributed by atoms with Gasteiger partial charge in [-0.25, -0.2) is 0 Å². The fourth-order valence-corrected chi connectivity index (χ4v) is 2.55. The number of imide groups is 1. The van der Waals surface area contributed by atoms with Crippen LogP contribution in [0, 0.1) is 5.92 Å². The Bertz CT molecular complexity index is 229. The van der Waals surface area contributed by atoms with Crippen molar-refractivity contribution in [1.82, 2.24) is 4.90 Å². The van der Waals surface area contributed by atoms with Gasteiger partial charge in [0.05, 0.1) is 0 Å². The molecule has 3 nitrogen and oxygen atoms in total. The monoisotopic (exact) mass is 241 g/mol. The highest BCUT2D eigenvalue weighted by atomic mass is 16.2. The predicted octanol–water partition coefficient (Wildman–Crippen LogP) is 3.38. The maximum Gasteiger partial charge on any atom is 0.226 e. The molecule has 17 heavy (non-hydrogen) atoms. The van der Waals surface area contributed by atoms with E-state index in [4.69, 9.17) is 0 Å². The van der Waals surface area contributed by atoms with Crippen LogP contribution in [0.4, 0.5) is 0 Å². The normalized spacial score (nSPS) is 23.4. The van der Waals surface area contributed by atoms with Gasteiger partial charge in [0.2, 0.25) is 11.8 Å². The molecule has 1 aliphatic rings. The second-order valence-electron chi connectivity index (χ2n) is 4.49. The van der Waals surface area contributed by atoms with Crippen LogP contribution in [0.2, 0.25) is 0 Å². The maximum absolute atomic E-state index is 11.3. The molecule has 0 saturated heterocycles. The highest BCUT2D eigenvalue weighted by molar-refractivity contribution is 5.93. The molecule has 100 valence electrons. The highest BCUT2D eigenvalue weighted by Gasteiger charge is 2.28. The van der Waals surface area contributed by atoms with Gasteiger partial charge in [-0.3, -0.25) is 14.5 Å². The zero-order chi connectivity index (χ0) is 13.4. The summed E-state index contributed by atoms with van der Waals surface area (Å²) in [7, 11) is 0. The quantitative estimate of drug-likeness (QED) is 0.743. The molecule has 1 aliphatic carbocycles. The van der Waals surface area contributed by atoms with E-state index in [1.807, 2.05) is 13.8 Å². The van der Waals surface area contributed by atoms with E-state index < -0.39 is 0 Å². The standard InChI is InChI=1S/C12H21NO2.C2H6/c1-4-11-5-7-12(8-6-11)13(9(2)14)10(3)15;1-2/h11-12H,4-8H2,1-3H3;1-2H3. The molecule has 0 heterocycles. The number of carbonyl (C=O) groups excluding carboxylic acids is 2. The summed E-state index contributed by atoms with van der Waals surface area (Å²) < 4.78 is 0. The molecule has 1 fully saturated rings. The zero-order valence-electron chi connectivity index (χ0n) is 12.0. The molecule has 0 aromatic carbocycles. The molecule has 0 bridgehead atoms. The van der Waals surface area contributed by atoms with E-state index in [0.717, 1.165) is 31.6 Å². The molecule has 0 spiro atoms. The van der Waals surface area contributed by atoms with Crippen molar-refractivity contribution in [3.05, 3.63) is 0 Å². The Kier molecular flexibility index (Phi) is 7.85. The van der Waals surface area contributed by atoms with E-state index in [1.165, 1.54) is 25.2 Å². The van der Waals surface area contributed by atoms with Crippen LogP contribution in [0.3, 0.4) is 0 Å². The van der Waals surface area contributed by atoms with Crippen molar-refractivity contribution >= 4 is 11.8 Å². The minimum absolute atomic E-state index is 0.109. The van der Waals surface area contributed by atoms with Crippen molar-refractivity contribution < 1.29 is 9.59 Å². The second kappa shape index (κ2) is 8.26. The van der Waals surface area contributed by atoms with Crippen molar-refractivity contribution in [2.45, 2.75) is 72.8 Å². The van der Waals surface area contributed by atoms with E-state index in [2.05, 4.69) is 6.92 Å². The Morgan fingerprint density at radius 3 is 1.71 bits per heavy atom. The molecule has 0 aromatic heterocycles. The largest absolute Gasteiger partial charge is 0.280 e. The number of hydrogen-bond donors (Lipinski definition) is 0. The van der Waals surface area contributed by atoms with Crippen molar-refractivity contribution in [3.8, 4) is 0 Å². The summed E-state index contributed by atoms with van der Waals surface area (Å²) in [5.74, 6) is 0.576. The smallest absolute Gasteiger partial charge is 0.226 e. The van der Waals surface area contributed by atoms with Crippen LogP contribution < -0.4 is 0 Å². The number of rotatable bonds is 2. The minimum Gasteiger partial charge on any atom is -0.280 e. The summed E-state index contributed by atoms with van der Waals surface area (Å²) in [5, 5.41) is 0. The van der Waals surface area contributed by atoms with Crippen LogP contribution in [-0.2, 0) is 9.59 Å². The Balaban J connectivity index is 0.00000121. The van der Waals surface area contributed by atoms with Gasteiger partial charge < -0.3 is 0 Å². The first kappa shape index (κ1) is 16.1. The van der Waals surface area contributed by atoms with Crippen molar-refractivity contribution in [2.24, 2.45) is 5.92 Å². The molecule has 0 N–H and O–H groups in total. The lowest BCUT2D eigenvalue weighted by Gasteiger charge is -2.34. The van der Waals surface area contributed by atoms with Crippen LogP contribution in [0.25, 0.3) is 0 Å². The summed E-state index contributed by atoms with van der Waals surface area (Å²) in [6.45, 7) is 9.17. The van der Waals surface area contributed by atoms with E-state index in [9.17, 15) is 9.59 Å². The van der Waals surface area contributed by atoms with Gasteiger partial charge in [-0.2, -0.15) is 0 Å². The highest BCUT2D eigenvalue weighted by Crippen LogP contribution is 2.29. The van der Waals surface area contributed by atoms with Crippen LogP contribution in [0.1, 0.15) is 66.7 Å². The average molecular weight is 241 g/mol. The van der Waals surface area contributed by atoms with Crippen molar-refractivity contribution in [3.63, 3.8) is 0 Å². The first-order valence-corrected chi connectivity index (χ1v) is 6.86. The van der Waals surface area contributed by atoms with Crippen molar-refractivity contribution in [2.75, 3.05) is 0 Å². The van der Waals surface area contributed by atoms with Crippen molar-refractivity contribution in [1.29, 1.82) is 0 Å². The maximum atomic E-state index is 11.3. The van der Waals surface area contributed by atoms with Crippen LogP contribution in [-0.4, -0.2) is 22.8 Å². The molecular weight excluding hydrogens is 214 g/mol.